The SMILES string of the molecule is COc1ccc(F)cc1C(=O)NCc1ccc(-c2nc3n4c(cnc(N)c24)/C=C/CCOCCC(=O)N[C@@H]2CC[C@@H]3C2)cc1. The van der Waals surface area contributed by atoms with Gasteiger partial charge >= 0.3 is 0 Å². The van der Waals surface area contributed by atoms with E-state index in [0.29, 0.717) is 37.6 Å². The van der Waals surface area contributed by atoms with Gasteiger partial charge in [0.15, 0.2) is 0 Å². The number of halogens is 1. The van der Waals surface area contributed by atoms with Crippen LogP contribution >= 0.6 is 0 Å². The van der Waals surface area contributed by atoms with Crippen LogP contribution in [-0.2, 0) is 16.1 Å². The van der Waals surface area contributed by atoms with E-state index < -0.39 is 11.7 Å². The first-order valence-electron chi connectivity index (χ1n) is 14.8. The minimum atomic E-state index is -0.513. The van der Waals surface area contributed by atoms with Crippen molar-refractivity contribution in [1.29, 1.82) is 0 Å². The molecule has 4 aromatic rings. The molecule has 0 saturated heterocycles. The van der Waals surface area contributed by atoms with Crippen molar-refractivity contribution in [2.24, 2.45) is 0 Å². The van der Waals surface area contributed by atoms with Gasteiger partial charge in [0.1, 0.15) is 34.4 Å². The second kappa shape index (κ2) is 12.8. The van der Waals surface area contributed by atoms with Gasteiger partial charge in [-0.15, -0.1) is 0 Å². The van der Waals surface area contributed by atoms with Gasteiger partial charge in [-0.1, -0.05) is 30.3 Å². The molecule has 2 aliphatic rings. The zero-order valence-electron chi connectivity index (χ0n) is 24.5. The molecular formula is C33H35FN6O4. The third-order valence-corrected chi connectivity index (χ3v) is 8.18. The molecule has 228 valence electrons. The van der Waals surface area contributed by atoms with E-state index in [1.807, 2.05) is 36.4 Å². The molecule has 1 aliphatic carbocycles. The van der Waals surface area contributed by atoms with Crippen LogP contribution in [0, 0.1) is 5.82 Å². The lowest BCUT2D eigenvalue weighted by Gasteiger charge is -2.14. The van der Waals surface area contributed by atoms with Gasteiger partial charge in [-0.3, -0.25) is 14.0 Å². The fourth-order valence-corrected chi connectivity index (χ4v) is 5.97. The molecule has 2 aromatic carbocycles. The maximum Gasteiger partial charge on any atom is 0.255 e. The van der Waals surface area contributed by atoms with Crippen molar-refractivity contribution >= 4 is 29.2 Å². The normalized spacial score (nSPS) is 19.5. The molecule has 0 radical (unpaired) electrons. The number of benzene rings is 2. The fraction of sp³-hybridized carbons (Fsp3) is 0.333. The summed E-state index contributed by atoms with van der Waals surface area (Å²) in [5.74, 6) is 0.766. The lowest BCUT2D eigenvalue weighted by atomic mass is 10.1. The van der Waals surface area contributed by atoms with Crippen molar-refractivity contribution in [3.63, 3.8) is 0 Å². The summed E-state index contributed by atoms with van der Waals surface area (Å²) in [5.41, 5.74) is 10.7. The Morgan fingerprint density at radius 2 is 2.05 bits per heavy atom. The number of hydrogen-bond acceptors (Lipinski definition) is 7. The van der Waals surface area contributed by atoms with E-state index in [-0.39, 0.29) is 30.0 Å². The highest BCUT2D eigenvalue weighted by atomic mass is 19.1. The summed E-state index contributed by atoms with van der Waals surface area (Å²) in [6.07, 6.45) is 9.41. The monoisotopic (exact) mass is 598 g/mol. The third-order valence-electron chi connectivity index (χ3n) is 8.18. The molecule has 11 heteroatoms. The van der Waals surface area contributed by atoms with Crippen LogP contribution in [0.4, 0.5) is 10.2 Å². The standard InChI is InChI=1S/C33H35FN6O4/c1-43-27-12-10-23(34)17-26(27)33(42)37-18-20-5-7-21(8-6-20)29-30-31(35)36-19-25-4-2-3-14-44-15-13-28(41)38-24-11-9-22(16-24)32(39-29)40(25)30/h2,4-8,10,12,17,19,22,24H,3,9,11,13-16,18H2,1H3,(H2,35,36)(H,37,42)(H,38,41)/b4-2+/t22-,24-/m1/s1. The van der Waals surface area contributed by atoms with E-state index in [0.717, 1.165) is 59.2 Å². The number of imidazole rings is 1. The molecule has 0 spiro atoms. The number of nitrogens with zero attached hydrogens (tertiary/aromatic N) is 3. The average Bonchev–Trinajstić information content (AvgIpc) is 3.66. The first-order valence-corrected chi connectivity index (χ1v) is 14.8. The highest BCUT2D eigenvalue weighted by Crippen LogP contribution is 2.39. The number of rotatable bonds is 5. The van der Waals surface area contributed by atoms with Crippen molar-refractivity contribution < 1.29 is 23.5 Å². The van der Waals surface area contributed by atoms with Gasteiger partial charge in [0, 0.05) is 30.5 Å². The molecule has 2 amide bonds. The summed E-state index contributed by atoms with van der Waals surface area (Å²) < 4.78 is 26.7. The van der Waals surface area contributed by atoms with Gasteiger partial charge in [-0.05, 0) is 55.5 Å². The number of nitrogens with one attached hydrogen (secondary N) is 2. The first kappa shape index (κ1) is 29.3. The number of carbonyl (C=O) groups is 2. The summed E-state index contributed by atoms with van der Waals surface area (Å²) in [7, 11) is 1.44. The van der Waals surface area contributed by atoms with Gasteiger partial charge in [0.2, 0.25) is 5.91 Å². The van der Waals surface area contributed by atoms with Gasteiger partial charge in [0.05, 0.1) is 37.8 Å². The summed E-state index contributed by atoms with van der Waals surface area (Å²) in [5, 5.41) is 6.00. The number of carbonyl (C=O) groups excluding carboxylic acids is 2. The Hall–Kier alpha value is -4.77. The van der Waals surface area contributed by atoms with E-state index in [2.05, 4.69) is 20.0 Å². The third kappa shape index (κ3) is 6.14. The van der Waals surface area contributed by atoms with Gasteiger partial charge in [0.25, 0.3) is 5.91 Å². The van der Waals surface area contributed by atoms with Crippen LogP contribution in [0.1, 0.15) is 65.5 Å². The van der Waals surface area contributed by atoms with Crippen molar-refractivity contribution in [3.05, 3.63) is 83.2 Å². The van der Waals surface area contributed by atoms with Crippen LogP contribution in [0.15, 0.2) is 54.7 Å². The highest BCUT2D eigenvalue weighted by Gasteiger charge is 2.32. The van der Waals surface area contributed by atoms with Crippen LogP contribution in [-0.4, -0.2) is 52.5 Å². The van der Waals surface area contributed by atoms with Crippen molar-refractivity contribution in [2.45, 2.75) is 50.6 Å². The second-order valence-corrected chi connectivity index (χ2v) is 11.1. The molecule has 1 fully saturated rings. The van der Waals surface area contributed by atoms with Gasteiger partial charge in [-0.2, -0.15) is 0 Å². The quantitative estimate of drug-likeness (QED) is 0.305. The second-order valence-electron chi connectivity index (χ2n) is 11.1. The largest absolute Gasteiger partial charge is 0.496 e. The number of aromatic nitrogens is 3. The number of amides is 2. The zero-order valence-corrected chi connectivity index (χ0v) is 24.5. The lowest BCUT2D eigenvalue weighted by molar-refractivity contribution is -0.122. The van der Waals surface area contributed by atoms with Crippen molar-refractivity contribution in [1.82, 2.24) is 25.0 Å². The Labute approximate surface area is 254 Å². The number of methoxy groups -OCH3 is 1. The van der Waals surface area contributed by atoms with E-state index in [4.69, 9.17) is 20.2 Å². The van der Waals surface area contributed by atoms with Gasteiger partial charge < -0.3 is 25.8 Å². The minimum absolute atomic E-state index is 0.00946. The molecule has 2 atom stereocenters. The fourth-order valence-electron chi connectivity index (χ4n) is 5.97. The number of fused-ring (bicyclic) bond motifs is 3. The van der Waals surface area contributed by atoms with Crippen LogP contribution in [0.25, 0.3) is 22.9 Å². The molecule has 4 N–H and O–H groups in total. The smallest absolute Gasteiger partial charge is 0.255 e. The molecule has 44 heavy (non-hydrogen) atoms. The van der Waals surface area contributed by atoms with E-state index in [1.165, 1.54) is 19.2 Å². The Morgan fingerprint density at radius 3 is 2.86 bits per heavy atom. The molecule has 1 saturated carbocycles. The summed E-state index contributed by atoms with van der Waals surface area (Å²) >= 11 is 0. The Morgan fingerprint density at radius 1 is 1.20 bits per heavy atom. The molecule has 1 aliphatic heterocycles. The predicted molar refractivity (Wildman–Crippen MR) is 165 cm³/mol. The molecule has 3 heterocycles. The Balaban J connectivity index is 1.30. The molecule has 6 rings (SSSR count). The van der Waals surface area contributed by atoms with Crippen molar-refractivity contribution in [2.75, 3.05) is 26.1 Å². The number of hydrogen-bond donors (Lipinski definition) is 3. The zero-order chi connectivity index (χ0) is 30.6. The van der Waals surface area contributed by atoms with Crippen LogP contribution < -0.4 is 21.1 Å². The van der Waals surface area contributed by atoms with Crippen LogP contribution in [0.3, 0.4) is 0 Å². The Bertz CT molecular complexity index is 1720. The maximum atomic E-state index is 13.8. The topological polar surface area (TPSA) is 133 Å². The first-order chi connectivity index (χ1) is 21.4. The van der Waals surface area contributed by atoms with Crippen molar-refractivity contribution in [3.8, 4) is 17.0 Å². The summed E-state index contributed by atoms with van der Waals surface area (Å²) in [4.78, 5) is 34.9. The Kier molecular flexibility index (Phi) is 8.56. The number of nitrogens with two attached hydrogens (primary N) is 1. The predicted octanol–water partition coefficient (Wildman–Crippen LogP) is 4.63. The molecule has 2 aromatic heterocycles. The molecule has 10 nitrogen and oxygen atoms in total. The lowest BCUT2D eigenvalue weighted by Crippen LogP contribution is -2.33. The van der Waals surface area contributed by atoms with E-state index in [1.54, 1.807) is 6.20 Å². The average molecular weight is 599 g/mol. The summed E-state index contributed by atoms with van der Waals surface area (Å²) in [6, 6.07) is 11.6. The molecular weight excluding hydrogens is 563 g/mol. The minimum Gasteiger partial charge on any atom is -0.496 e. The highest BCUT2D eigenvalue weighted by molar-refractivity contribution is 5.97. The van der Waals surface area contributed by atoms with E-state index in [9.17, 15) is 14.0 Å². The van der Waals surface area contributed by atoms with Crippen LogP contribution in [0.5, 0.6) is 5.75 Å². The number of anilines is 1. The maximum absolute atomic E-state index is 13.8. The van der Waals surface area contributed by atoms with Gasteiger partial charge in [-0.25, -0.2) is 14.4 Å². The number of ether oxygens (including phenoxy) is 2. The molecule has 2 bridgehead atoms. The van der Waals surface area contributed by atoms with Crippen LogP contribution in [0.2, 0.25) is 0 Å². The molecule has 0 unspecified atom stereocenters. The summed E-state index contributed by atoms with van der Waals surface area (Å²) in [6.45, 7) is 1.17. The van der Waals surface area contributed by atoms with E-state index >= 15 is 0 Å². The number of nitrogen functional groups attached to an aromatic ring is 1.